The summed E-state index contributed by atoms with van der Waals surface area (Å²) < 4.78 is 33.9. The number of hydrogen-bond donors (Lipinski definition) is 1. The van der Waals surface area contributed by atoms with Crippen molar-refractivity contribution < 1.29 is 8.85 Å². The van der Waals surface area contributed by atoms with Crippen LogP contribution < -0.4 is 10.2 Å². The van der Waals surface area contributed by atoms with Gasteiger partial charge in [-0.15, -0.1) is 21.5 Å². The van der Waals surface area contributed by atoms with Crippen molar-refractivity contribution in [2.75, 3.05) is 18.5 Å². The van der Waals surface area contributed by atoms with E-state index in [1.165, 1.54) is 4.90 Å². The fourth-order valence-corrected chi connectivity index (χ4v) is 7.02. The van der Waals surface area contributed by atoms with Crippen molar-refractivity contribution in [2.24, 2.45) is 0 Å². The van der Waals surface area contributed by atoms with E-state index in [4.69, 9.17) is 8.85 Å². The van der Waals surface area contributed by atoms with Crippen LogP contribution in [0.4, 0.5) is 5.82 Å². The van der Waals surface area contributed by atoms with Crippen molar-refractivity contribution in [1.29, 1.82) is 0 Å². The van der Waals surface area contributed by atoms with Gasteiger partial charge in [0.05, 0.1) is 27.6 Å². The molecule has 2 fully saturated rings. The number of nitrogens with zero attached hydrogens (tertiary/aromatic N) is 6. The number of rotatable bonds is 5. The molecule has 0 amide bonds. The van der Waals surface area contributed by atoms with Crippen LogP contribution in [-0.2, 0) is 4.74 Å². The van der Waals surface area contributed by atoms with E-state index in [2.05, 4.69) is 53.3 Å². The molecule has 0 bridgehead atoms. The van der Waals surface area contributed by atoms with Gasteiger partial charge in [-0.3, -0.25) is 0 Å². The van der Waals surface area contributed by atoms with Gasteiger partial charge in [-0.25, -0.2) is 9.67 Å². The quantitative estimate of drug-likeness (QED) is 0.333. The SMILES string of the molecule is [2H]C([2H])([2H])N(c1ccc(-c2ccc(-c3cnn(C4CCCCO4)c3)c3ncsc23)nn1)C1CC(C)(C)NC(C)(C)C1. The van der Waals surface area contributed by atoms with Crippen molar-refractivity contribution in [3.63, 3.8) is 0 Å². The number of ether oxygens (including phenoxy) is 1. The summed E-state index contributed by atoms with van der Waals surface area (Å²) in [5, 5.41) is 17.2. The van der Waals surface area contributed by atoms with Crippen molar-refractivity contribution >= 4 is 27.4 Å². The standard InChI is InChI=1S/C29H37N7OS/c1-28(2)14-20(15-29(3,4)34-28)35(5)24-12-11-23(32-33-24)22-10-9-21(26-27(22)38-18-30-26)19-16-31-36(17-19)25-8-6-7-13-37-25/h9-12,16-18,20,25,34H,6-8,13-15H2,1-5H3/i5D3. The molecule has 1 atom stereocenters. The monoisotopic (exact) mass is 534 g/mol. The van der Waals surface area contributed by atoms with Crippen molar-refractivity contribution in [3.8, 4) is 22.4 Å². The molecule has 3 aromatic heterocycles. The summed E-state index contributed by atoms with van der Waals surface area (Å²) in [6, 6.07) is 7.52. The molecule has 9 heteroatoms. The number of anilines is 1. The van der Waals surface area contributed by atoms with Crippen molar-refractivity contribution in [1.82, 2.24) is 30.3 Å². The predicted octanol–water partition coefficient (Wildman–Crippen LogP) is 6.06. The Kier molecular flexibility index (Phi) is 5.61. The molecule has 0 aliphatic carbocycles. The van der Waals surface area contributed by atoms with Crippen LogP contribution in [0.25, 0.3) is 32.6 Å². The molecule has 200 valence electrons. The lowest BCUT2D eigenvalue weighted by atomic mass is 9.79. The highest BCUT2D eigenvalue weighted by Crippen LogP contribution is 2.38. The highest BCUT2D eigenvalue weighted by molar-refractivity contribution is 7.17. The van der Waals surface area contributed by atoms with E-state index in [1.54, 1.807) is 17.4 Å². The van der Waals surface area contributed by atoms with Crippen molar-refractivity contribution in [2.45, 2.75) is 83.1 Å². The number of nitrogens with one attached hydrogen (secondary N) is 1. The number of fused-ring (bicyclic) bond motifs is 1. The molecule has 5 heterocycles. The molecule has 6 rings (SSSR count). The molecule has 1 unspecified atom stereocenters. The first-order valence-corrected chi connectivity index (χ1v) is 14.2. The molecule has 2 saturated heterocycles. The van der Waals surface area contributed by atoms with Gasteiger partial charge in [0.1, 0.15) is 6.23 Å². The number of aromatic nitrogens is 5. The van der Waals surface area contributed by atoms with Gasteiger partial charge in [-0.1, -0.05) is 12.1 Å². The Labute approximate surface area is 232 Å². The van der Waals surface area contributed by atoms with Gasteiger partial charge in [0.2, 0.25) is 0 Å². The molecule has 38 heavy (non-hydrogen) atoms. The topological polar surface area (TPSA) is 81.0 Å². The fraction of sp³-hybridized carbons (Fsp3) is 0.517. The van der Waals surface area contributed by atoms with E-state index in [9.17, 15) is 0 Å². The molecule has 0 saturated carbocycles. The second-order valence-electron chi connectivity index (χ2n) is 11.8. The molecular weight excluding hydrogens is 494 g/mol. The zero-order valence-electron chi connectivity index (χ0n) is 25.4. The van der Waals surface area contributed by atoms with Crippen LogP contribution >= 0.6 is 11.3 Å². The van der Waals surface area contributed by atoms with Gasteiger partial charge in [0.25, 0.3) is 0 Å². The highest BCUT2D eigenvalue weighted by Gasteiger charge is 2.39. The number of thiazole rings is 1. The molecule has 1 aromatic carbocycles. The van der Waals surface area contributed by atoms with E-state index in [0.29, 0.717) is 24.4 Å². The minimum Gasteiger partial charge on any atom is -0.357 e. The van der Waals surface area contributed by atoms with E-state index >= 15 is 0 Å². The first-order chi connectivity index (χ1) is 19.4. The largest absolute Gasteiger partial charge is 0.357 e. The summed E-state index contributed by atoms with van der Waals surface area (Å²) in [6.07, 6.45) is 8.45. The normalized spacial score (nSPS) is 23.1. The second kappa shape index (κ2) is 9.70. The molecular formula is C29H37N7OS. The lowest BCUT2D eigenvalue weighted by Gasteiger charge is -2.49. The third kappa shape index (κ3) is 4.95. The molecule has 0 radical (unpaired) electrons. The van der Waals surface area contributed by atoms with Crippen LogP contribution in [0, 0.1) is 0 Å². The summed E-state index contributed by atoms with van der Waals surface area (Å²) in [5.41, 5.74) is 5.89. The Morgan fingerprint density at radius 1 is 1.08 bits per heavy atom. The molecule has 2 aliphatic rings. The lowest BCUT2D eigenvalue weighted by molar-refractivity contribution is -0.0394. The van der Waals surface area contributed by atoms with Gasteiger partial charge in [0.15, 0.2) is 5.82 Å². The predicted molar refractivity (Wildman–Crippen MR) is 153 cm³/mol. The third-order valence-corrected chi connectivity index (χ3v) is 8.41. The molecule has 4 aromatic rings. The van der Waals surface area contributed by atoms with E-state index < -0.39 is 6.98 Å². The summed E-state index contributed by atoms with van der Waals surface area (Å²) in [7, 11) is 0. The lowest BCUT2D eigenvalue weighted by Crippen LogP contribution is -2.62. The summed E-state index contributed by atoms with van der Waals surface area (Å²) in [4.78, 5) is 6.16. The summed E-state index contributed by atoms with van der Waals surface area (Å²) in [6.45, 7) is 6.89. The Balaban J connectivity index is 1.30. The Bertz CT molecular complexity index is 1510. The van der Waals surface area contributed by atoms with Crippen LogP contribution in [0.2, 0.25) is 0 Å². The van der Waals surface area contributed by atoms with Gasteiger partial charge in [-0.2, -0.15) is 5.10 Å². The maximum absolute atomic E-state index is 8.35. The van der Waals surface area contributed by atoms with Gasteiger partial charge < -0.3 is 15.0 Å². The number of piperidine rings is 1. The minimum absolute atomic E-state index is 0.0204. The molecule has 1 N–H and O–H groups in total. The summed E-state index contributed by atoms with van der Waals surface area (Å²) in [5.74, 6) is 0.363. The number of hydrogen-bond acceptors (Lipinski definition) is 8. The fourth-order valence-electron chi connectivity index (χ4n) is 6.19. The Morgan fingerprint density at radius 2 is 1.89 bits per heavy atom. The number of benzene rings is 1. The van der Waals surface area contributed by atoms with Crippen LogP contribution in [0.1, 0.15) is 70.1 Å². The smallest absolute Gasteiger partial charge is 0.151 e. The zero-order valence-corrected chi connectivity index (χ0v) is 23.3. The van der Waals surface area contributed by atoms with Crippen molar-refractivity contribution in [3.05, 3.63) is 42.2 Å². The third-order valence-electron chi connectivity index (χ3n) is 7.55. The average Bonchev–Trinajstić information content (AvgIpc) is 3.57. The van der Waals surface area contributed by atoms with Crippen LogP contribution in [0.5, 0.6) is 0 Å². The zero-order chi connectivity index (χ0) is 29.0. The molecule has 8 nitrogen and oxygen atoms in total. The average molecular weight is 535 g/mol. The molecule has 2 aliphatic heterocycles. The van der Waals surface area contributed by atoms with Gasteiger partial charge in [0, 0.05) is 57.7 Å². The molecule has 0 spiro atoms. The Hall–Kier alpha value is -2.88. The Morgan fingerprint density at radius 3 is 2.61 bits per heavy atom. The first kappa shape index (κ1) is 22.0. The van der Waals surface area contributed by atoms with E-state index in [0.717, 1.165) is 52.8 Å². The van der Waals surface area contributed by atoms with Crippen LogP contribution in [0.3, 0.4) is 0 Å². The minimum atomic E-state index is -2.34. The second-order valence-corrected chi connectivity index (χ2v) is 12.7. The van der Waals surface area contributed by atoms with Crippen LogP contribution in [-0.4, -0.2) is 55.7 Å². The maximum atomic E-state index is 8.35. The van der Waals surface area contributed by atoms with E-state index in [1.807, 2.05) is 40.8 Å². The maximum Gasteiger partial charge on any atom is 0.151 e. The first-order valence-electron chi connectivity index (χ1n) is 14.9. The van der Waals surface area contributed by atoms with E-state index in [-0.39, 0.29) is 23.3 Å². The van der Waals surface area contributed by atoms with Gasteiger partial charge in [-0.05, 0) is 71.9 Å². The summed E-state index contributed by atoms with van der Waals surface area (Å²) >= 11 is 1.55. The van der Waals surface area contributed by atoms with Gasteiger partial charge >= 0.3 is 0 Å². The highest BCUT2D eigenvalue weighted by atomic mass is 32.1. The van der Waals surface area contributed by atoms with Crippen LogP contribution in [0.15, 0.2) is 42.2 Å².